The summed E-state index contributed by atoms with van der Waals surface area (Å²) in [6.07, 6.45) is 8.56. The molecule has 0 amide bonds. The van der Waals surface area contributed by atoms with Crippen molar-refractivity contribution in [1.29, 1.82) is 0 Å². The number of hydrogen-bond acceptors (Lipinski definition) is 3. The average molecular weight is 237 g/mol. The second-order valence-corrected chi connectivity index (χ2v) is 6.07. The minimum absolute atomic E-state index is 0.768. The Morgan fingerprint density at radius 3 is 2.47 bits per heavy atom. The molecule has 3 rings (SSSR count). The molecular weight excluding hydrogens is 210 g/mol. The van der Waals surface area contributed by atoms with Crippen LogP contribution in [0.3, 0.4) is 0 Å². The van der Waals surface area contributed by atoms with Crippen molar-refractivity contribution in [3.63, 3.8) is 0 Å². The number of nitrogens with zero attached hydrogens (tertiary/aromatic N) is 2. The molecule has 1 saturated carbocycles. The van der Waals surface area contributed by atoms with E-state index in [-0.39, 0.29) is 0 Å². The predicted molar refractivity (Wildman–Crippen MR) is 71.3 cm³/mol. The highest BCUT2D eigenvalue weighted by Crippen LogP contribution is 2.27. The Morgan fingerprint density at radius 2 is 1.71 bits per heavy atom. The molecule has 0 spiro atoms. The lowest BCUT2D eigenvalue weighted by Crippen LogP contribution is -2.51. The zero-order valence-electron chi connectivity index (χ0n) is 11.0. The molecule has 1 N–H and O–H groups in total. The fourth-order valence-electron chi connectivity index (χ4n) is 3.32. The van der Waals surface area contributed by atoms with E-state index in [4.69, 9.17) is 0 Å². The van der Waals surface area contributed by atoms with Crippen molar-refractivity contribution in [2.75, 3.05) is 39.3 Å². The van der Waals surface area contributed by atoms with Gasteiger partial charge in [0, 0.05) is 44.8 Å². The van der Waals surface area contributed by atoms with Crippen LogP contribution in [0.25, 0.3) is 0 Å². The largest absolute Gasteiger partial charge is 0.313 e. The Balaban J connectivity index is 1.40. The zero-order valence-corrected chi connectivity index (χ0v) is 11.0. The van der Waals surface area contributed by atoms with E-state index in [1.807, 2.05) is 0 Å². The van der Waals surface area contributed by atoms with E-state index < -0.39 is 0 Å². The van der Waals surface area contributed by atoms with Crippen LogP contribution < -0.4 is 5.32 Å². The summed E-state index contributed by atoms with van der Waals surface area (Å²) in [4.78, 5) is 5.39. The highest BCUT2D eigenvalue weighted by Gasteiger charge is 2.31. The first kappa shape index (κ1) is 11.9. The maximum absolute atomic E-state index is 3.72. The molecule has 0 aromatic carbocycles. The quantitative estimate of drug-likeness (QED) is 0.798. The van der Waals surface area contributed by atoms with Crippen LogP contribution in [-0.4, -0.2) is 61.2 Å². The molecular formula is C14H27N3. The number of hydrogen-bond donors (Lipinski definition) is 1. The Morgan fingerprint density at radius 1 is 0.882 bits per heavy atom. The van der Waals surface area contributed by atoms with E-state index in [2.05, 4.69) is 15.1 Å². The van der Waals surface area contributed by atoms with Crippen LogP contribution in [0.15, 0.2) is 0 Å². The second kappa shape index (κ2) is 5.68. The van der Waals surface area contributed by atoms with Gasteiger partial charge in [0.15, 0.2) is 0 Å². The molecule has 1 atom stereocenters. The van der Waals surface area contributed by atoms with Gasteiger partial charge in [0.1, 0.15) is 0 Å². The summed E-state index contributed by atoms with van der Waals surface area (Å²) in [5, 5.41) is 3.72. The van der Waals surface area contributed by atoms with Crippen LogP contribution in [0.1, 0.15) is 38.5 Å². The zero-order chi connectivity index (χ0) is 11.5. The molecule has 3 heteroatoms. The van der Waals surface area contributed by atoms with Gasteiger partial charge >= 0.3 is 0 Å². The van der Waals surface area contributed by atoms with Gasteiger partial charge in [0.05, 0.1) is 0 Å². The van der Waals surface area contributed by atoms with Gasteiger partial charge in [-0.15, -0.1) is 0 Å². The molecule has 0 radical (unpaired) electrons. The second-order valence-electron chi connectivity index (χ2n) is 6.07. The third-order valence-corrected chi connectivity index (χ3v) is 4.61. The standard InChI is InChI=1S/C14H27N3/c1-2-4-13(15-7-3-1)12-16-8-10-17(11-9-16)14-5-6-14/h13-15H,1-12H2. The molecule has 2 saturated heterocycles. The molecule has 3 fully saturated rings. The number of piperazine rings is 1. The summed E-state index contributed by atoms with van der Waals surface area (Å²) in [5.41, 5.74) is 0. The summed E-state index contributed by atoms with van der Waals surface area (Å²) in [5.74, 6) is 0. The molecule has 98 valence electrons. The SMILES string of the molecule is C1CCNC(CN2CCN(C3CC3)CC2)CC1. The van der Waals surface area contributed by atoms with Gasteiger partial charge in [0.2, 0.25) is 0 Å². The van der Waals surface area contributed by atoms with Crippen molar-refractivity contribution >= 4 is 0 Å². The maximum Gasteiger partial charge on any atom is 0.0195 e. The van der Waals surface area contributed by atoms with Gasteiger partial charge < -0.3 is 5.32 Å². The Bertz CT molecular complexity index is 224. The average Bonchev–Trinajstić information content (AvgIpc) is 3.17. The lowest BCUT2D eigenvalue weighted by molar-refractivity contribution is 0.117. The van der Waals surface area contributed by atoms with Gasteiger partial charge in [-0.2, -0.15) is 0 Å². The number of rotatable bonds is 3. The molecule has 1 aliphatic carbocycles. The first-order valence-electron chi connectivity index (χ1n) is 7.61. The van der Waals surface area contributed by atoms with Crippen molar-refractivity contribution in [3.8, 4) is 0 Å². The minimum atomic E-state index is 0.768. The Hall–Kier alpha value is -0.120. The fraction of sp³-hybridized carbons (Fsp3) is 1.00. The molecule has 2 aliphatic heterocycles. The summed E-state index contributed by atoms with van der Waals surface area (Å²) in [6, 6.07) is 1.73. The first-order chi connectivity index (χ1) is 8.42. The third-order valence-electron chi connectivity index (χ3n) is 4.61. The monoisotopic (exact) mass is 237 g/mol. The van der Waals surface area contributed by atoms with Crippen LogP contribution in [-0.2, 0) is 0 Å². The van der Waals surface area contributed by atoms with Crippen molar-refractivity contribution in [2.45, 2.75) is 50.6 Å². The molecule has 17 heavy (non-hydrogen) atoms. The van der Waals surface area contributed by atoms with Crippen LogP contribution >= 0.6 is 0 Å². The fourth-order valence-corrected chi connectivity index (χ4v) is 3.32. The van der Waals surface area contributed by atoms with Crippen molar-refractivity contribution in [1.82, 2.24) is 15.1 Å². The summed E-state index contributed by atoms with van der Waals surface area (Å²) in [6.45, 7) is 7.77. The number of nitrogens with one attached hydrogen (secondary N) is 1. The summed E-state index contributed by atoms with van der Waals surface area (Å²) >= 11 is 0. The van der Waals surface area contributed by atoms with Gasteiger partial charge in [-0.1, -0.05) is 12.8 Å². The lowest BCUT2D eigenvalue weighted by atomic mass is 10.1. The van der Waals surface area contributed by atoms with Crippen molar-refractivity contribution in [2.24, 2.45) is 0 Å². The van der Waals surface area contributed by atoms with Crippen molar-refractivity contribution < 1.29 is 0 Å². The van der Waals surface area contributed by atoms with E-state index >= 15 is 0 Å². The van der Waals surface area contributed by atoms with Crippen LogP contribution in [0.4, 0.5) is 0 Å². The molecule has 2 heterocycles. The Kier molecular flexibility index (Phi) is 3.99. The highest BCUT2D eigenvalue weighted by atomic mass is 15.3. The van der Waals surface area contributed by atoms with Crippen molar-refractivity contribution in [3.05, 3.63) is 0 Å². The van der Waals surface area contributed by atoms with E-state index in [0.29, 0.717) is 0 Å². The first-order valence-corrected chi connectivity index (χ1v) is 7.61. The minimum Gasteiger partial charge on any atom is -0.313 e. The summed E-state index contributed by atoms with van der Waals surface area (Å²) < 4.78 is 0. The van der Waals surface area contributed by atoms with Gasteiger partial charge in [-0.05, 0) is 32.2 Å². The molecule has 0 aromatic rings. The molecule has 3 aliphatic rings. The highest BCUT2D eigenvalue weighted by molar-refractivity contribution is 4.88. The van der Waals surface area contributed by atoms with E-state index in [0.717, 1.165) is 12.1 Å². The molecule has 0 bridgehead atoms. The van der Waals surface area contributed by atoms with Gasteiger partial charge in [-0.3, -0.25) is 9.80 Å². The normalized spacial score (nSPS) is 33.5. The van der Waals surface area contributed by atoms with Crippen LogP contribution in [0.5, 0.6) is 0 Å². The maximum atomic E-state index is 3.72. The molecule has 0 aromatic heterocycles. The summed E-state index contributed by atoms with van der Waals surface area (Å²) in [7, 11) is 0. The van der Waals surface area contributed by atoms with Gasteiger partial charge in [0.25, 0.3) is 0 Å². The van der Waals surface area contributed by atoms with E-state index in [9.17, 15) is 0 Å². The predicted octanol–water partition coefficient (Wildman–Crippen LogP) is 1.30. The van der Waals surface area contributed by atoms with Crippen LogP contribution in [0.2, 0.25) is 0 Å². The smallest absolute Gasteiger partial charge is 0.0195 e. The molecule has 3 nitrogen and oxygen atoms in total. The Labute approximate surface area is 106 Å². The third kappa shape index (κ3) is 3.43. The lowest BCUT2D eigenvalue weighted by Gasteiger charge is -2.36. The topological polar surface area (TPSA) is 18.5 Å². The van der Waals surface area contributed by atoms with E-state index in [1.165, 1.54) is 77.8 Å². The van der Waals surface area contributed by atoms with Crippen LogP contribution in [0, 0.1) is 0 Å². The molecule has 1 unspecified atom stereocenters. The van der Waals surface area contributed by atoms with Gasteiger partial charge in [-0.25, -0.2) is 0 Å². The van der Waals surface area contributed by atoms with E-state index in [1.54, 1.807) is 0 Å².